The van der Waals surface area contributed by atoms with E-state index in [0.717, 1.165) is 11.1 Å². The zero-order valence-electron chi connectivity index (χ0n) is 10.1. The van der Waals surface area contributed by atoms with Gasteiger partial charge in [-0.25, -0.2) is 4.39 Å². The van der Waals surface area contributed by atoms with Crippen molar-refractivity contribution in [2.24, 2.45) is 0 Å². The Morgan fingerprint density at radius 1 is 1.06 bits per heavy atom. The van der Waals surface area contributed by atoms with Gasteiger partial charge in [-0.05, 0) is 37.1 Å². The van der Waals surface area contributed by atoms with E-state index in [1.807, 2.05) is 50.2 Å². The Labute approximate surface area is 101 Å². The average molecular weight is 229 g/mol. The second-order valence-electron chi connectivity index (χ2n) is 4.26. The van der Waals surface area contributed by atoms with Crippen LogP contribution < -0.4 is 5.32 Å². The fourth-order valence-corrected chi connectivity index (χ4v) is 1.80. The van der Waals surface area contributed by atoms with Gasteiger partial charge in [-0.2, -0.15) is 0 Å². The molecule has 0 radical (unpaired) electrons. The fourth-order valence-electron chi connectivity index (χ4n) is 1.80. The van der Waals surface area contributed by atoms with Crippen LogP contribution in [0.25, 0.3) is 0 Å². The van der Waals surface area contributed by atoms with Gasteiger partial charge >= 0.3 is 0 Å². The molecule has 88 valence electrons. The van der Waals surface area contributed by atoms with E-state index in [-0.39, 0.29) is 11.9 Å². The van der Waals surface area contributed by atoms with Crippen LogP contribution in [0.4, 0.5) is 10.1 Å². The van der Waals surface area contributed by atoms with Crippen LogP contribution in [0.3, 0.4) is 0 Å². The van der Waals surface area contributed by atoms with Crippen LogP contribution in [0.15, 0.2) is 48.5 Å². The number of benzene rings is 2. The van der Waals surface area contributed by atoms with Crippen LogP contribution in [-0.4, -0.2) is 0 Å². The first-order chi connectivity index (χ1) is 8.16. The van der Waals surface area contributed by atoms with Gasteiger partial charge in [0, 0.05) is 6.04 Å². The van der Waals surface area contributed by atoms with Gasteiger partial charge in [-0.3, -0.25) is 0 Å². The van der Waals surface area contributed by atoms with Gasteiger partial charge in [-0.1, -0.05) is 36.4 Å². The van der Waals surface area contributed by atoms with E-state index in [9.17, 15) is 4.39 Å². The molecule has 1 unspecified atom stereocenters. The van der Waals surface area contributed by atoms with Gasteiger partial charge in [0.05, 0.1) is 5.69 Å². The summed E-state index contributed by atoms with van der Waals surface area (Å²) in [5, 5.41) is 3.18. The van der Waals surface area contributed by atoms with E-state index in [1.54, 1.807) is 12.1 Å². The van der Waals surface area contributed by atoms with Gasteiger partial charge in [0.25, 0.3) is 0 Å². The molecule has 0 bridgehead atoms. The maximum atomic E-state index is 13.7. The Morgan fingerprint density at radius 3 is 2.41 bits per heavy atom. The SMILES string of the molecule is Cc1ccc(NC(C)c2ccccc2)c(F)c1. The highest BCUT2D eigenvalue weighted by atomic mass is 19.1. The summed E-state index contributed by atoms with van der Waals surface area (Å²) in [6, 6.07) is 15.3. The van der Waals surface area contributed by atoms with Crippen molar-refractivity contribution in [1.29, 1.82) is 0 Å². The van der Waals surface area contributed by atoms with E-state index >= 15 is 0 Å². The van der Waals surface area contributed by atoms with Gasteiger partial charge in [-0.15, -0.1) is 0 Å². The summed E-state index contributed by atoms with van der Waals surface area (Å²) < 4.78 is 13.7. The van der Waals surface area contributed by atoms with Crippen molar-refractivity contribution < 1.29 is 4.39 Å². The Morgan fingerprint density at radius 2 is 1.76 bits per heavy atom. The third-order valence-corrected chi connectivity index (χ3v) is 2.80. The lowest BCUT2D eigenvalue weighted by molar-refractivity contribution is 0.626. The van der Waals surface area contributed by atoms with Gasteiger partial charge < -0.3 is 5.32 Å². The standard InChI is InChI=1S/C15H16FN/c1-11-8-9-15(14(16)10-11)17-12(2)13-6-4-3-5-7-13/h3-10,12,17H,1-2H3. The minimum Gasteiger partial charge on any atom is -0.376 e. The highest BCUT2D eigenvalue weighted by Gasteiger charge is 2.07. The second-order valence-corrected chi connectivity index (χ2v) is 4.26. The van der Waals surface area contributed by atoms with Crippen molar-refractivity contribution in [2.75, 3.05) is 5.32 Å². The molecule has 0 heterocycles. The van der Waals surface area contributed by atoms with Crippen LogP contribution in [0, 0.1) is 12.7 Å². The van der Waals surface area contributed by atoms with Crippen molar-refractivity contribution in [3.63, 3.8) is 0 Å². The van der Waals surface area contributed by atoms with Gasteiger partial charge in [0.1, 0.15) is 5.82 Å². The lowest BCUT2D eigenvalue weighted by Gasteiger charge is -2.16. The van der Waals surface area contributed by atoms with E-state index < -0.39 is 0 Å². The molecule has 1 atom stereocenters. The summed E-state index contributed by atoms with van der Waals surface area (Å²) in [4.78, 5) is 0. The zero-order chi connectivity index (χ0) is 12.3. The molecule has 0 aromatic heterocycles. The molecule has 0 aliphatic rings. The molecule has 2 aromatic rings. The smallest absolute Gasteiger partial charge is 0.146 e. The first-order valence-corrected chi connectivity index (χ1v) is 5.74. The van der Waals surface area contributed by atoms with Crippen molar-refractivity contribution in [2.45, 2.75) is 19.9 Å². The lowest BCUT2D eigenvalue weighted by Crippen LogP contribution is -2.07. The minimum absolute atomic E-state index is 0.0911. The molecule has 0 spiro atoms. The Hall–Kier alpha value is -1.83. The number of hydrogen-bond donors (Lipinski definition) is 1. The molecular formula is C15H16FN. The van der Waals surface area contributed by atoms with Gasteiger partial charge in [0.15, 0.2) is 0 Å². The molecule has 1 N–H and O–H groups in total. The summed E-state index contributed by atoms with van der Waals surface area (Å²) in [5.74, 6) is -0.201. The summed E-state index contributed by atoms with van der Waals surface area (Å²) in [6.07, 6.45) is 0. The molecule has 2 heteroatoms. The number of halogens is 1. The van der Waals surface area contributed by atoms with Crippen LogP contribution in [0.1, 0.15) is 24.1 Å². The monoisotopic (exact) mass is 229 g/mol. The quantitative estimate of drug-likeness (QED) is 0.827. The normalized spacial score (nSPS) is 12.2. The van der Waals surface area contributed by atoms with Crippen LogP contribution in [-0.2, 0) is 0 Å². The number of nitrogens with one attached hydrogen (secondary N) is 1. The maximum Gasteiger partial charge on any atom is 0.146 e. The predicted molar refractivity (Wildman–Crippen MR) is 69.6 cm³/mol. The van der Waals surface area contributed by atoms with Crippen LogP contribution >= 0.6 is 0 Å². The fraction of sp³-hybridized carbons (Fsp3) is 0.200. The summed E-state index contributed by atoms with van der Waals surface area (Å²) in [6.45, 7) is 3.90. The molecule has 2 aromatic carbocycles. The lowest BCUT2D eigenvalue weighted by atomic mass is 10.1. The minimum atomic E-state index is -0.201. The van der Waals surface area contributed by atoms with E-state index in [1.165, 1.54) is 0 Å². The van der Waals surface area contributed by atoms with Crippen LogP contribution in [0.2, 0.25) is 0 Å². The Balaban J connectivity index is 2.16. The molecule has 0 saturated carbocycles. The highest BCUT2D eigenvalue weighted by Crippen LogP contribution is 2.22. The highest BCUT2D eigenvalue weighted by molar-refractivity contribution is 5.48. The van der Waals surface area contributed by atoms with E-state index in [0.29, 0.717) is 5.69 Å². The number of rotatable bonds is 3. The molecule has 0 saturated heterocycles. The molecule has 0 aliphatic heterocycles. The zero-order valence-corrected chi connectivity index (χ0v) is 10.1. The number of anilines is 1. The van der Waals surface area contributed by atoms with E-state index in [2.05, 4.69) is 5.32 Å². The third kappa shape index (κ3) is 2.84. The second kappa shape index (κ2) is 5.00. The topological polar surface area (TPSA) is 12.0 Å². The molecule has 0 amide bonds. The summed E-state index contributed by atoms with van der Waals surface area (Å²) in [5.41, 5.74) is 2.62. The van der Waals surface area contributed by atoms with Crippen molar-refractivity contribution in [1.82, 2.24) is 0 Å². The average Bonchev–Trinajstić information content (AvgIpc) is 2.34. The van der Waals surface area contributed by atoms with Crippen molar-refractivity contribution in [3.8, 4) is 0 Å². The van der Waals surface area contributed by atoms with Crippen molar-refractivity contribution in [3.05, 3.63) is 65.5 Å². The van der Waals surface area contributed by atoms with E-state index in [4.69, 9.17) is 0 Å². The molecule has 2 rings (SSSR count). The van der Waals surface area contributed by atoms with Gasteiger partial charge in [0.2, 0.25) is 0 Å². The first kappa shape index (κ1) is 11.6. The van der Waals surface area contributed by atoms with Crippen molar-refractivity contribution >= 4 is 5.69 Å². The largest absolute Gasteiger partial charge is 0.376 e. The number of hydrogen-bond acceptors (Lipinski definition) is 1. The molecule has 0 aliphatic carbocycles. The molecule has 17 heavy (non-hydrogen) atoms. The summed E-state index contributed by atoms with van der Waals surface area (Å²) >= 11 is 0. The third-order valence-electron chi connectivity index (χ3n) is 2.80. The Kier molecular flexibility index (Phi) is 3.43. The Bertz CT molecular complexity index is 494. The summed E-state index contributed by atoms with van der Waals surface area (Å²) in [7, 11) is 0. The molecule has 1 nitrogen and oxygen atoms in total. The maximum absolute atomic E-state index is 13.7. The molecular weight excluding hydrogens is 213 g/mol. The first-order valence-electron chi connectivity index (χ1n) is 5.74. The van der Waals surface area contributed by atoms with Crippen LogP contribution in [0.5, 0.6) is 0 Å². The molecule has 0 fully saturated rings. The number of aryl methyl sites for hydroxylation is 1. The predicted octanol–water partition coefficient (Wildman–Crippen LogP) is 4.31.